The standard InChI is InChI=1S/C11H12F3NO2/c1-2-10(15,9(16)17)7-4-3-5-8(6-7)11(12,13)14/h3-6H,2,15H2,1H3,(H,16,17). The van der Waals surface area contributed by atoms with Crippen molar-refractivity contribution in [2.45, 2.75) is 25.1 Å². The van der Waals surface area contributed by atoms with Gasteiger partial charge in [-0.25, -0.2) is 4.79 Å². The van der Waals surface area contributed by atoms with Crippen molar-refractivity contribution in [2.24, 2.45) is 5.73 Å². The zero-order valence-corrected chi connectivity index (χ0v) is 9.08. The van der Waals surface area contributed by atoms with Crippen LogP contribution in [-0.4, -0.2) is 11.1 Å². The molecule has 0 aromatic heterocycles. The monoisotopic (exact) mass is 247 g/mol. The molecule has 1 atom stereocenters. The van der Waals surface area contributed by atoms with Gasteiger partial charge in [0.2, 0.25) is 0 Å². The van der Waals surface area contributed by atoms with Gasteiger partial charge in [0.15, 0.2) is 0 Å². The maximum absolute atomic E-state index is 12.5. The number of nitrogens with two attached hydrogens (primary N) is 1. The summed E-state index contributed by atoms with van der Waals surface area (Å²) in [5.41, 5.74) is 2.86. The predicted octanol–water partition coefficient (Wildman–Crippen LogP) is 2.35. The van der Waals surface area contributed by atoms with Crippen LogP contribution in [0.25, 0.3) is 0 Å². The Hall–Kier alpha value is -1.56. The highest BCUT2D eigenvalue weighted by atomic mass is 19.4. The summed E-state index contributed by atoms with van der Waals surface area (Å²) in [7, 11) is 0. The molecule has 0 fully saturated rings. The summed E-state index contributed by atoms with van der Waals surface area (Å²) >= 11 is 0. The highest BCUT2D eigenvalue weighted by Gasteiger charge is 2.37. The van der Waals surface area contributed by atoms with Crippen molar-refractivity contribution < 1.29 is 23.1 Å². The third kappa shape index (κ3) is 2.58. The van der Waals surface area contributed by atoms with E-state index in [0.717, 1.165) is 18.2 Å². The Kier molecular flexibility index (Phi) is 3.47. The first-order chi connectivity index (χ1) is 7.71. The molecular formula is C11H12F3NO2. The molecule has 0 saturated carbocycles. The smallest absolute Gasteiger partial charge is 0.416 e. The number of benzene rings is 1. The van der Waals surface area contributed by atoms with E-state index in [-0.39, 0.29) is 12.0 Å². The van der Waals surface area contributed by atoms with E-state index in [1.54, 1.807) is 0 Å². The molecule has 94 valence electrons. The van der Waals surface area contributed by atoms with Crippen LogP contribution >= 0.6 is 0 Å². The minimum atomic E-state index is -4.51. The summed E-state index contributed by atoms with van der Waals surface area (Å²) in [4.78, 5) is 11.0. The van der Waals surface area contributed by atoms with Crippen molar-refractivity contribution >= 4 is 5.97 Å². The van der Waals surface area contributed by atoms with E-state index in [1.807, 2.05) is 0 Å². The molecule has 0 amide bonds. The van der Waals surface area contributed by atoms with E-state index in [1.165, 1.54) is 13.0 Å². The molecule has 1 aromatic carbocycles. The summed E-state index contributed by atoms with van der Waals surface area (Å²) < 4.78 is 37.4. The number of carbonyl (C=O) groups is 1. The molecule has 0 bridgehead atoms. The third-order valence-electron chi connectivity index (χ3n) is 2.64. The van der Waals surface area contributed by atoms with E-state index in [2.05, 4.69) is 0 Å². The SMILES string of the molecule is CCC(N)(C(=O)O)c1cccc(C(F)(F)F)c1. The first kappa shape index (κ1) is 13.5. The Bertz CT molecular complexity index is 431. The molecule has 3 nitrogen and oxygen atoms in total. The Balaban J connectivity index is 3.28. The van der Waals surface area contributed by atoms with Crippen LogP contribution in [0.4, 0.5) is 13.2 Å². The lowest BCUT2D eigenvalue weighted by Gasteiger charge is -2.24. The molecule has 0 aliphatic carbocycles. The highest BCUT2D eigenvalue weighted by Crippen LogP contribution is 2.32. The summed E-state index contributed by atoms with van der Waals surface area (Å²) in [5.74, 6) is -1.35. The van der Waals surface area contributed by atoms with Crippen LogP contribution in [0.1, 0.15) is 24.5 Å². The van der Waals surface area contributed by atoms with Gasteiger partial charge < -0.3 is 10.8 Å². The lowest BCUT2D eigenvalue weighted by molar-refractivity contribution is -0.144. The molecule has 3 N–H and O–H groups in total. The van der Waals surface area contributed by atoms with Gasteiger partial charge in [-0.3, -0.25) is 0 Å². The van der Waals surface area contributed by atoms with Gasteiger partial charge >= 0.3 is 12.1 Å². The Labute approximate surface area is 96.0 Å². The summed E-state index contributed by atoms with van der Waals surface area (Å²) in [5, 5.41) is 8.97. The summed E-state index contributed by atoms with van der Waals surface area (Å²) in [6.07, 6.45) is -4.51. The number of rotatable bonds is 3. The molecule has 1 unspecified atom stereocenters. The molecule has 6 heteroatoms. The lowest BCUT2D eigenvalue weighted by atomic mass is 9.87. The van der Waals surface area contributed by atoms with Crippen LogP contribution in [0.5, 0.6) is 0 Å². The van der Waals surface area contributed by atoms with Crippen molar-refractivity contribution in [3.8, 4) is 0 Å². The summed E-state index contributed by atoms with van der Waals surface area (Å²) in [6.45, 7) is 1.51. The van der Waals surface area contributed by atoms with Crippen LogP contribution in [-0.2, 0) is 16.5 Å². The van der Waals surface area contributed by atoms with Crippen LogP contribution in [0, 0.1) is 0 Å². The average Bonchev–Trinajstić information content (AvgIpc) is 2.26. The molecule has 17 heavy (non-hydrogen) atoms. The van der Waals surface area contributed by atoms with E-state index in [4.69, 9.17) is 10.8 Å². The second kappa shape index (κ2) is 4.37. The molecule has 0 saturated heterocycles. The number of carboxylic acid groups (broad SMARTS) is 1. The molecule has 1 aromatic rings. The molecule has 0 aliphatic rings. The van der Waals surface area contributed by atoms with Crippen molar-refractivity contribution in [1.29, 1.82) is 0 Å². The van der Waals surface area contributed by atoms with Crippen LogP contribution in [0.15, 0.2) is 24.3 Å². The topological polar surface area (TPSA) is 63.3 Å². The fourth-order valence-electron chi connectivity index (χ4n) is 1.45. The van der Waals surface area contributed by atoms with Gasteiger partial charge in [0.05, 0.1) is 5.56 Å². The van der Waals surface area contributed by atoms with Gasteiger partial charge in [0, 0.05) is 0 Å². The normalized spacial score (nSPS) is 15.4. The molecule has 0 heterocycles. The van der Waals surface area contributed by atoms with Crippen LogP contribution in [0.2, 0.25) is 0 Å². The fraction of sp³-hybridized carbons (Fsp3) is 0.364. The first-order valence-electron chi connectivity index (χ1n) is 4.92. The second-order valence-electron chi connectivity index (χ2n) is 3.71. The average molecular weight is 247 g/mol. The van der Waals surface area contributed by atoms with Gasteiger partial charge in [0.1, 0.15) is 5.54 Å². The van der Waals surface area contributed by atoms with Gasteiger partial charge in [-0.2, -0.15) is 13.2 Å². The van der Waals surface area contributed by atoms with E-state index in [9.17, 15) is 18.0 Å². The van der Waals surface area contributed by atoms with E-state index >= 15 is 0 Å². The Morgan fingerprint density at radius 1 is 1.35 bits per heavy atom. The van der Waals surface area contributed by atoms with E-state index < -0.39 is 23.2 Å². The molecule has 1 rings (SSSR count). The zero-order chi connectivity index (χ0) is 13.3. The third-order valence-corrected chi connectivity index (χ3v) is 2.64. The fourth-order valence-corrected chi connectivity index (χ4v) is 1.45. The molecule has 0 radical (unpaired) electrons. The second-order valence-corrected chi connectivity index (χ2v) is 3.71. The molecular weight excluding hydrogens is 235 g/mol. The van der Waals surface area contributed by atoms with Crippen molar-refractivity contribution in [3.05, 3.63) is 35.4 Å². The van der Waals surface area contributed by atoms with Crippen molar-refractivity contribution in [2.75, 3.05) is 0 Å². The molecule has 0 aliphatic heterocycles. The van der Waals surface area contributed by atoms with Crippen molar-refractivity contribution in [1.82, 2.24) is 0 Å². The number of hydrogen-bond acceptors (Lipinski definition) is 2. The number of carboxylic acids is 1. The Morgan fingerprint density at radius 2 is 1.88 bits per heavy atom. The van der Waals surface area contributed by atoms with Crippen molar-refractivity contribution in [3.63, 3.8) is 0 Å². The number of alkyl halides is 3. The predicted molar refractivity (Wildman–Crippen MR) is 55.2 cm³/mol. The van der Waals surface area contributed by atoms with Gasteiger partial charge in [-0.1, -0.05) is 19.1 Å². The van der Waals surface area contributed by atoms with Gasteiger partial charge in [-0.15, -0.1) is 0 Å². The van der Waals surface area contributed by atoms with E-state index in [0.29, 0.717) is 0 Å². The maximum Gasteiger partial charge on any atom is 0.416 e. The number of hydrogen-bond donors (Lipinski definition) is 2. The lowest BCUT2D eigenvalue weighted by Crippen LogP contribution is -2.44. The van der Waals surface area contributed by atoms with Gasteiger partial charge in [-0.05, 0) is 24.1 Å². The highest BCUT2D eigenvalue weighted by molar-refractivity contribution is 5.80. The molecule has 0 spiro atoms. The first-order valence-corrected chi connectivity index (χ1v) is 4.92. The van der Waals surface area contributed by atoms with Gasteiger partial charge in [0.25, 0.3) is 0 Å². The number of aliphatic carboxylic acids is 1. The minimum Gasteiger partial charge on any atom is -0.480 e. The van der Waals surface area contributed by atoms with Crippen LogP contribution in [0.3, 0.4) is 0 Å². The maximum atomic E-state index is 12.5. The summed E-state index contributed by atoms with van der Waals surface area (Å²) in [6, 6.07) is 4.09. The Morgan fingerprint density at radius 3 is 2.29 bits per heavy atom. The largest absolute Gasteiger partial charge is 0.480 e. The minimum absolute atomic E-state index is 0.00361. The number of halogens is 3. The van der Waals surface area contributed by atoms with Crippen LogP contribution < -0.4 is 5.73 Å². The quantitative estimate of drug-likeness (QED) is 0.861. The zero-order valence-electron chi connectivity index (χ0n) is 9.08.